The van der Waals surface area contributed by atoms with Gasteiger partial charge in [0, 0.05) is 24.0 Å². The maximum atomic E-state index is 12.6. The Morgan fingerprint density at radius 1 is 1.30 bits per heavy atom. The Kier molecular flexibility index (Phi) is 4.96. The first-order valence-electron chi connectivity index (χ1n) is 10.2. The lowest BCUT2D eigenvalue weighted by atomic mass is 9.84. The highest BCUT2D eigenvalue weighted by atomic mass is 16.5. The molecule has 3 heterocycles. The molecule has 0 aliphatic carbocycles. The Balaban J connectivity index is 1.49. The summed E-state index contributed by atoms with van der Waals surface area (Å²) in [5.74, 6) is 0.219. The molecule has 6 nitrogen and oxygen atoms in total. The summed E-state index contributed by atoms with van der Waals surface area (Å²) in [5, 5.41) is 10.4. The van der Waals surface area contributed by atoms with Gasteiger partial charge in [-0.05, 0) is 51.8 Å². The van der Waals surface area contributed by atoms with Crippen molar-refractivity contribution in [1.29, 1.82) is 0 Å². The van der Waals surface area contributed by atoms with Crippen LogP contribution in [0.15, 0.2) is 50.7 Å². The lowest BCUT2D eigenvalue weighted by Gasteiger charge is -2.28. The molecule has 4 rings (SSSR count). The Bertz CT molecular complexity index is 1140. The fraction of sp³-hybridized carbons (Fsp3) is 0.417. The van der Waals surface area contributed by atoms with E-state index in [1.165, 1.54) is 6.07 Å². The van der Waals surface area contributed by atoms with Gasteiger partial charge >= 0.3 is 11.6 Å². The Morgan fingerprint density at radius 3 is 2.77 bits per heavy atom. The van der Waals surface area contributed by atoms with Gasteiger partial charge in [-0.3, -0.25) is 0 Å². The fourth-order valence-corrected chi connectivity index (χ4v) is 4.27. The lowest BCUT2D eigenvalue weighted by molar-refractivity contribution is -0.139. The molecule has 30 heavy (non-hydrogen) atoms. The third kappa shape index (κ3) is 3.51. The molecule has 0 radical (unpaired) electrons. The first-order chi connectivity index (χ1) is 14.2. The van der Waals surface area contributed by atoms with Crippen molar-refractivity contribution in [1.82, 2.24) is 0 Å². The number of hydrogen-bond acceptors (Lipinski definition) is 6. The van der Waals surface area contributed by atoms with Crippen LogP contribution in [0, 0.1) is 0 Å². The number of benzene rings is 1. The summed E-state index contributed by atoms with van der Waals surface area (Å²) in [4.78, 5) is 24.1. The Hall–Kier alpha value is -3.02. The van der Waals surface area contributed by atoms with Crippen LogP contribution in [0.4, 0.5) is 0 Å². The number of cyclic esters (lactones) is 1. The van der Waals surface area contributed by atoms with Crippen molar-refractivity contribution in [2.75, 3.05) is 0 Å². The van der Waals surface area contributed by atoms with Gasteiger partial charge in [0.1, 0.15) is 28.8 Å². The van der Waals surface area contributed by atoms with E-state index in [4.69, 9.17) is 13.9 Å². The summed E-state index contributed by atoms with van der Waals surface area (Å²) in [6.45, 7) is 7.79. The van der Waals surface area contributed by atoms with E-state index in [1.54, 1.807) is 19.1 Å². The van der Waals surface area contributed by atoms with E-state index in [0.717, 1.165) is 18.4 Å². The molecular formula is C24H26O6. The summed E-state index contributed by atoms with van der Waals surface area (Å²) in [6.07, 6.45) is 5.98. The van der Waals surface area contributed by atoms with Gasteiger partial charge in [0.15, 0.2) is 0 Å². The van der Waals surface area contributed by atoms with Crippen molar-refractivity contribution in [3.63, 3.8) is 0 Å². The number of allylic oxidation sites excluding steroid dienone is 1. The SMILES string of the molecule is CC1=CC(C/C(C)=C/CC[C@@]2(C)Oc3c(c(=O)oc4cc(O)ccc34)[C@@H]2C)OC1=O. The predicted octanol–water partition coefficient (Wildman–Crippen LogP) is 4.74. The number of phenolic OH excluding ortho intramolecular Hbond substituents is 1. The standard InChI is InChI=1S/C24H26O6/c1-13(10-17-11-14(2)22(26)28-17)6-5-9-24(4)15(3)20-21(30-24)18-8-7-16(25)12-19(18)29-23(20)27/h6-8,11-12,15,17,25H,5,9-10H2,1-4H3/b13-6+/t15-,17?,24+/m0/s1. The molecule has 0 fully saturated rings. The van der Waals surface area contributed by atoms with E-state index in [0.29, 0.717) is 34.3 Å². The van der Waals surface area contributed by atoms with Crippen LogP contribution in [-0.2, 0) is 9.53 Å². The van der Waals surface area contributed by atoms with Crippen LogP contribution in [-0.4, -0.2) is 22.8 Å². The second-order valence-electron chi connectivity index (χ2n) is 8.54. The normalized spacial score (nSPS) is 25.8. The van der Waals surface area contributed by atoms with Gasteiger partial charge in [0.2, 0.25) is 0 Å². The Morgan fingerprint density at radius 2 is 2.07 bits per heavy atom. The van der Waals surface area contributed by atoms with Crippen molar-refractivity contribution >= 4 is 16.9 Å². The van der Waals surface area contributed by atoms with Crippen molar-refractivity contribution in [3.8, 4) is 11.5 Å². The highest BCUT2D eigenvalue weighted by Crippen LogP contribution is 2.48. The maximum Gasteiger partial charge on any atom is 0.343 e. The third-order valence-electron chi connectivity index (χ3n) is 6.23. The molecule has 2 aromatic rings. The van der Waals surface area contributed by atoms with Crippen molar-refractivity contribution in [2.45, 2.75) is 64.6 Å². The van der Waals surface area contributed by atoms with E-state index >= 15 is 0 Å². The monoisotopic (exact) mass is 410 g/mol. The van der Waals surface area contributed by atoms with Crippen molar-refractivity contribution in [2.24, 2.45) is 0 Å². The molecule has 0 bridgehead atoms. The number of aromatic hydroxyl groups is 1. The van der Waals surface area contributed by atoms with Crippen LogP contribution in [0.3, 0.4) is 0 Å². The largest absolute Gasteiger partial charge is 0.508 e. The first-order valence-corrected chi connectivity index (χ1v) is 10.2. The summed E-state index contributed by atoms with van der Waals surface area (Å²) in [7, 11) is 0. The third-order valence-corrected chi connectivity index (χ3v) is 6.23. The number of fused-ring (bicyclic) bond motifs is 3. The number of esters is 1. The minimum atomic E-state index is -0.545. The van der Waals surface area contributed by atoms with Crippen LogP contribution in [0.1, 0.15) is 58.4 Å². The minimum absolute atomic E-state index is 0.0398. The number of carbonyl (C=O) groups is 1. The summed E-state index contributed by atoms with van der Waals surface area (Å²) >= 11 is 0. The molecule has 1 aromatic heterocycles. The average Bonchev–Trinajstić information content (AvgIpc) is 3.11. The average molecular weight is 410 g/mol. The van der Waals surface area contributed by atoms with Gasteiger partial charge in [-0.25, -0.2) is 9.59 Å². The van der Waals surface area contributed by atoms with Crippen molar-refractivity contribution in [3.05, 3.63) is 57.5 Å². The molecule has 1 unspecified atom stereocenters. The van der Waals surface area contributed by atoms with Crippen LogP contribution in [0.5, 0.6) is 11.5 Å². The van der Waals surface area contributed by atoms with Gasteiger partial charge in [0.05, 0.1) is 10.9 Å². The van der Waals surface area contributed by atoms with Crippen LogP contribution >= 0.6 is 0 Å². The van der Waals surface area contributed by atoms with Crippen LogP contribution in [0.2, 0.25) is 0 Å². The molecular weight excluding hydrogens is 384 g/mol. The van der Waals surface area contributed by atoms with E-state index in [2.05, 4.69) is 6.08 Å². The summed E-state index contributed by atoms with van der Waals surface area (Å²) < 4.78 is 17.1. The van der Waals surface area contributed by atoms with E-state index < -0.39 is 11.2 Å². The zero-order valence-electron chi connectivity index (χ0n) is 17.7. The van der Waals surface area contributed by atoms with Crippen LogP contribution < -0.4 is 10.4 Å². The quantitative estimate of drug-likeness (QED) is 0.435. The molecule has 6 heteroatoms. The molecule has 0 spiro atoms. The second-order valence-corrected chi connectivity index (χ2v) is 8.54. The fourth-order valence-electron chi connectivity index (χ4n) is 4.27. The summed E-state index contributed by atoms with van der Waals surface area (Å²) in [6, 6.07) is 4.70. The number of rotatable bonds is 5. The number of hydrogen-bond donors (Lipinski definition) is 1. The number of carbonyl (C=O) groups excluding carboxylic acids is 1. The zero-order valence-corrected chi connectivity index (χ0v) is 17.7. The van der Waals surface area contributed by atoms with Crippen LogP contribution in [0.25, 0.3) is 11.0 Å². The predicted molar refractivity (Wildman–Crippen MR) is 113 cm³/mol. The number of phenols is 1. The molecule has 3 atom stereocenters. The van der Waals surface area contributed by atoms with Gasteiger partial charge < -0.3 is 19.0 Å². The Labute approximate surface area is 174 Å². The molecule has 0 amide bonds. The van der Waals surface area contributed by atoms with E-state index in [-0.39, 0.29) is 23.7 Å². The smallest absolute Gasteiger partial charge is 0.343 e. The molecule has 2 aliphatic rings. The molecule has 2 aliphatic heterocycles. The van der Waals surface area contributed by atoms with Crippen molar-refractivity contribution < 1.29 is 23.8 Å². The maximum absolute atomic E-state index is 12.6. The van der Waals surface area contributed by atoms with E-state index in [9.17, 15) is 14.7 Å². The molecule has 1 N–H and O–H groups in total. The molecule has 1 aromatic carbocycles. The minimum Gasteiger partial charge on any atom is -0.508 e. The van der Waals surface area contributed by atoms with Gasteiger partial charge in [-0.2, -0.15) is 0 Å². The molecule has 0 saturated heterocycles. The number of ether oxygens (including phenoxy) is 2. The molecule has 158 valence electrons. The van der Waals surface area contributed by atoms with Gasteiger partial charge in [0.25, 0.3) is 0 Å². The van der Waals surface area contributed by atoms with E-state index in [1.807, 2.05) is 26.8 Å². The first kappa shape index (κ1) is 20.3. The van der Waals surface area contributed by atoms with Gasteiger partial charge in [-0.15, -0.1) is 0 Å². The summed E-state index contributed by atoms with van der Waals surface area (Å²) in [5.41, 5.74) is 1.71. The second kappa shape index (κ2) is 7.35. The molecule has 0 saturated carbocycles. The highest BCUT2D eigenvalue weighted by Gasteiger charge is 2.44. The topological polar surface area (TPSA) is 86.0 Å². The lowest BCUT2D eigenvalue weighted by Crippen LogP contribution is -2.33. The zero-order chi connectivity index (χ0) is 21.6. The highest BCUT2D eigenvalue weighted by molar-refractivity contribution is 5.90. The van der Waals surface area contributed by atoms with Gasteiger partial charge in [-0.1, -0.05) is 18.6 Å².